The number of benzene rings is 1. The van der Waals surface area contributed by atoms with Gasteiger partial charge in [-0.1, -0.05) is 25.0 Å². The third-order valence-electron chi connectivity index (χ3n) is 3.48. The number of hydrogen-bond acceptors (Lipinski definition) is 2. The molecule has 15 heavy (non-hydrogen) atoms. The van der Waals surface area contributed by atoms with Crippen LogP contribution in [0.5, 0.6) is 0 Å². The minimum atomic E-state index is 0.226. The van der Waals surface area contributed by atoms with Crippen LogP contribution >= 0.6 is 0 Å². The lowest BCUT2D eigenvalue weighted by molar-refractivity contribution is 0.131. The van der Waals surface area contributed by atoms with Crippen LogP contribution in [0.25, 0.3) is 0 Å². The summed E-state index contributed by atoms with van der Waals surface area (Å²) in [6.07, 6.45) is 5.06. The van der Waals surface area contributed by atoms with Gasteiger partial charge < -0.3 is 10.5 Å². The number of nitrogens with two attached hydrogens (primary N) is 1. The van der Waals surface area contributed by atoms with E-state index in [2.05, 4.69) is 12.1 Å². The second kappa shape index (κ2) is 4.23. The first kappa shape index (κ1) is 10.5. The Morgan fingerprint density at radius 2 is 2.07 bits per heavy atom. The number of hydrogen-bond donors (Lipinski definition) is 1. The number of rotatable bonds is 3. The van der Waals surface area contributed by atoms with E-state index in [1.165, 1.54) is 31.2 Å². The predicted octanol–water partition coefficient (Wildman–Crippen LogP) is 2.73. The van der Waals surface area contributed by atoms with E-state index in [-0.39, 0.29) is 5.41 Å². The molecule has 2 rings (SSSR count). The maximum absolute atomic E-state index is 5.84. The number of ether oxygens (including phenoxy) is 1. The molecule has 0 atom stereocenters. The fourth-order valence-corrected chi connectivity index (χ4v) is 2.71. The first-order chi connectivity index (χ1) is 7.27. The van der Waals surface area contributed by atoms with E-state index >= 15 is 0 Å². The molecule has 1 aromatic carbocycles. The Balaban J connectivity index is 2.31. The highest BCUT2D eigenvalue weighted by Gasteiger charge is 2.35. The molecule has 0 aromatic heterocycles. The summed E-state index contributed by atoms with van der Waals surface area (Å²) in [5.41, 5.74) is 8.27. The average Bonchev–Trinajstić information content (AvgIpc) is 2.68. The molecule has 1 saturated carbocycles. The molecule has 0 radical (unpaired) electrons. The second-order valence-electron chi connectivity index (χ2n) is 4.55. The Kier molecular flexibility index (Phi) is 2.96. The normalized spacial score (nSPS) is 19.3. The van der Waals surface area contributed by atoms with Crippen molar-refractivity contribution in [1.29, 1.82) is 0 Å². The van der Waals surface area contributed by atoms with E-state index in [1.54, 1.807) is 7.11 Å². The van der Waals surface area contributed by atoms with Crippen LogP contribution in [0.3, 0.4) is 0 Å². The molecular formula is C13H19NO. The molecule has 2 heteroatoms. The van der Waals surface area contributed by atoms with E-state index in [4.69, 9.17) is 10.5 Å². The summed E-state index contributed by atoms with van der Waals surface area (Å²) >= 11 is 0. The monoisotopic (exact) mass is 205 g/mol. The van der Waals surface area contributed by atoms with Crippen LogP contribution in [0, 0.1) is 0 Å². The lowest BCUT2D eigenvalue weighted by Crippen LogP contribution is -2.28. The van der Waals surface area contributed by atoms with Crippen molar-refractivity contribution in [3.8, 4) is 0 Å². The van der Waals surface area contributed by atoms with Crippen molar-refractivity contribution < 1.29 is 4.74 Å². The van der Waals surface area contributed by atoms with Gasteiger partial charge in [0.1, 0.15) is 0 Å². The first-order valence-corrected chi connectivity index (χ1v) is 5.62. The highest BCUT2D eigenvalue weighted by Crippen LogP contribution is 2.41. The van der Waals surface area contributed by atoms with Crippen LogP contribution < -0.4 is 5.73 Å². The minimum Gasteiger partial charge on any atom is -0.399 e. The van der Waals surface area contributed by atoms with Gasteiger partial charge in [0.2, 0.25) is 0 Å². The molecule has 1 aliphatic carbocycles. The third-order valence-corrected chi connectivity index (χ3v) is 3.48. The molecule has 0 aliphatic heterocycles. The third kappa shape index (κ3) is 2.00. The van der Waals surface area contributed by atoms with Crippen molar-refractivity contribution in [2.75, 3.05) is 19.5 Å². The number of anilines is 1. The molecule has 1 aromatic rings. The van der Waals surface area contributed by atoms with Gasteiger partial charge in [-0.05, 0) is 30.5 Å². The van der Waals surface area contributed by atoms with Crippen molar-refractivity contribution in [2.45, 2.75) is 31.1 Å². The van der Waals surface area contributed by atoms with Gasteiger partial charge in [-0.15, -0.1) is 0 Å². The number of methoxy groups -OCH3 is 1. The van der Waals surface area contributed by atoms with Crippen molar-refractivity contribution in [1.82, 2.24) is 0 Å². The van der Waals surface area contributed by atoms with Gasteiger partial charge in [-0.2, -0.15) is 0 Å². The first-order valence-electron chi connectivity index (χ1n) is 5.62. The Labute approximate surface area is 91.4 Å². The van der Waals surface area contributed by atoms with Crippen LogP contribution in [0.1, 0.15) is 31.2 Å². The van der Waals surface area contributed by atoms with Gasteiger partial charge >= 0.3 is 0 Å². The summed E-state index contributed by atoms with van der Waals surface area (Å²) in [5, 5.41) is 0. The van der Waals surface area contributed by atoms with Crippen molar-refractivity contribution in [2.24, 2.45) is 0 Å². The SMILES string of the molecule is COCC1(c2cccc(N)c2)CCCC1. The van der Waals surface area contributed by atoms with Crippen LogP contribution in [0.15, 0.2) is 24.3 Å². The number of nitrogen functional groups attached to an aromatic ring is 1. The van der Waals surface area contributed by atoms with E-state index < -0.39 is 0 Å². The van der Waals surface area contributed by atoms with Crippen LogP contribution in [-0.4, -0.2) is 13.7 Å². The highest BCUT2D eigenvalue weighted by molar-refractivity contribution is 5.43. The zero-order chi connectivity index (χ0) is 10.7. The van der Waals surface area contributed by atoms with E-state index in [9.17, 15) is 0 Å². The Bertz CT molecular complexity index is 329. The fraction of sp³-hybridized carbons (Fsp3) is 0.538. The summed E-state index contributed by atoms with van der Waals surface area (Å²) in [5.74, 6) is 0. The molecular weight excluding hydrogens is 186 g/mol. The van der Waals surface area contributed by atoms with E-state index in [0.717, 1.165) is 12.3 Å². The zero-order valence-electron chi connectivity index (χ0n) is 9.33. The van der Waals surface area contributed by atoms with Gasteiger partial charge in [0.05, 0.1) is 6.61 Å². The zero-order valence-corrected chi connectivity index (χ0v) is 9.33. The van der Waals surface area contributed by atoms with Gasteiger partial charge in [0.25, 0.3) is 0 Å². The standard InChI is InChI=1S/C13H19NO/c1-15-10-13(7-2-3-8-13)11-5-4-6-12(14)9-11/h4-6,9H,2-3,7-8,10,14H2,1H3. The molecule has 0 saturated heterocycles. The Morgan fingerprint density at radius 1 is 1.33 bits per heavy atom. The van der Waals surface area contributed by atoms with Crippen LogP contribution in [-0.2, 0) is 10.2 Å². The maximum Gasteiger partial charge on any atom is 0.0559 e. The highest BCUT2D eigenvalue weighted by atomic mass is 16.5. The maximum atomic E-state index is 5.84. The Morgan fingerprint density at radius 3 is 2.67 bits per heavy atom. The second-order valence-corrected chi connectivity index (χ2v) is 4.55. The van der Waals surface area contributed by atoms with Gasteiger partial charge in [-0.25, -0.2) is 0 Å². The van der Waals surface area contributed by atoms with Crippen molar-refractivity contribution >= 4 is 5.69 Å². The smallest absolute Gasteiger partial charge is 0.0559 e. The lowest BCUT2D eigenvalue weighted by atomic mass is 9.79. The van der Waals surface area contributed by atoms with E-state index in [1.807, 2.05) is 12.1 Å². The fourth-order valence-electron chi connectivity index (χ4n) is 2.71. The summed E-state index contributed by atoms with van der Waals surface area (Å²) in [4.78, 5) is 0. The molecule has 2 nitrogen and oxygen atoms in total. The largest absolute Gasteiger partial charge is 0.399 e. The molecule has 82 valence electrons. The molecule has 0 unspecified atom stereocenters. The lowest BCUT2D eigenvalue weighted by Gasteiger charge is -2.29. The van der Waals surface area contributed by atoms with Crippen molar-refractivity contribution in [3.05, 3.63) is 29.8 Å². The van der Waals surface area contributed by atoms with Crippen LogP contribution in [0.4, 0.5) is 5.69 Å². The summed E-state index contributed by atoms with van der Waals surface area (Å²) in [7, 11) is 1.78. The molecule has 0 amide bonds. The van der Waals surface area contributed by atoms with E-state index in [0.29, 0.717) is 0 Å². The minimum absolute atomic E-state index is 0.226. The molecule has 1 aliphatic rings. The quantitative estimate of drug-likeness (QED) is 0.770. The van der Waals surface area contributed by atoms with Gasteiger partial charge in [0, 0.05) is 18.2 Å². The molecule has 0 spiro atoms. The molecule has 0 bridgehead atoms. The summed E-state index contributed by atoms with van der Waals surface area (Å²) in [6, 6.07) is 8.27. The summed E-state index contributed by atoms with van der Waals surface area (Å²) in [6.45, 7) is 0.816. The average molecular weight is 205 g/mol. The topological polar surface area (TPSA) is 35.2 Å². The van der Waals surface area contributed by atoms with Gasteiger partial charge in [-0.3, -0.25) is 0 Å². The van der Waals surface area contributed by atoms with Crippen molar-refractivity contribution in [3.63, 3.8) is 0 Å². The molecule has 2 N–H and O–H groups in total. The molecule has 0 heterocycles. The predicted molar refractivity (Wildman–Crippen MR) is 62.9 cm³/mol. The summed E-state index contributed by atoms with van der Waals surface area (Å²) < 4.78 is 5.38. The van der Waals surface area contributed by atoms with Crippen LogP contribution in [0.2, 0.25) is 0 Å². The Hall–Kier alpha value is -1.02. The molecule has 1 fully saturated rings. The van der Waals surface area contributed by atoms with Gasteiger partial charge in [0.15, 0.2) is 0 Å².